The highest BCUT2D eigenvalue weighted by molar-refractivity contribution is 6.32. The van der Waals surface area contributed by atoms with Crippen LogP contribution in [0.5, 0.6) is 5.75 Å². The van der Waals surface area contributed by atoms with Gasteiger partial charge in [-0.1, -0.05) is 23.2 Å². The molecule has 0 bridgehead atoms. The summed E-state index contributed by atoms with van der Waals surface area (Å²) in [5, 5.41) is 0.608. The van der Waals surface area contributed by atoms with Crippen LogP contribution in [0.25, 0.3) is 0 Å². The van der Waals surface area contributed by atoms with Crippen molar-refractivity contribution in [2.45, 2.75) is 26.3 Å². The maximum absolute atomic E-state index is 6.09. The van der Waals surface area contributed by atoms with Crippen LogP contribution >= 0.6 is 11.6 Å². The monoisotopic (exact) mass is 239 g/mol. The fourth-order valence-corrected chi connectivity index (χ4v) is 1.50. The number of halogens is 1. The van der Waals surface area contributed by atoms with E-state index in [4.69, 9.17) is 22.1 Å². The molecule has 0 aliphatic heterocycles. The third kappa shape index (κ3) is 3.87. The Balaban J connectivity index is 2.64. The van der Waals surface area contributed by atoms with Crippen LogP contribution in [-0.2, 0) is 0 Å². The van der Waals surface area contributed by atoms with E-state index in [1.165, 1.54) is 0 Å². The third-order valence-electron chi connectivity index (χ3n) is 2.27. The van der Waals surface area contributed by atoms with Crippen molar-refractivity contribution in [2.75, 3.05) is 6.61 Å². The Morgan fingerprint density at radius 2 is 2.25 bits per heavy atom. The van der Waals surface area contributed by atoms with E-state index in [1.54, 1.807) is 0 Å². The minimum atomic E-state index is -0.0121. The summed E-state index contributed by atoms with van der Waals surface area (Å²) in [4.78, 5) is 0. The SMILES string of the molecule is C=C(C)CCOc1ccc([C@H](C)N)cc1Cl. The van der Waals surface area contributed by atoms with Crippen LogP contribution in [0, 0.1) is 0 Å². The number of ether oxygens (including phenoxy) is 1. The lowest BCUT2D eigenvalue weighted by atomic mass is 10.1. The van der Waals surface area contributed by atoms with Gasteiger partial charge in [0.1, 0.15) is 5.75 Å². The third-order valence-corrected chi connectivity index (χ3v) is 2.56. The molecular formula is C13H18ClNO. The standard InChI is InChI=1S/C13H18ClNO/c1-9(2)6-7-16-13-5-4-11(10(3)15)8-12(13)14/h4-5,8,10H,1,6-7,15H2,2-3H3/t10-/m0/s1. The molecule has 1 atom stereocenters. The molecule has 0 heterocycles. The minimum absolute atomic E-state index is 0.0121. The zero-order chi connectivity index (χ0) is 12.1. The smallest absolute Gasteiger partial charge is 0.137 e. The average molecular weight is 240 g/mol. The molecule has 88 valence electrons. The lowest BCUT2D eigenvalue weighted by Crippen LogP contribution is -2.05. The summed E-state index contributed by atoms with van der Waals surface area (Å²) in [5.41, 5.74) is 7.87. The van der Waals surface area contributed by atoms with E-state index in [0.29, 0.717) is 17.4 Å². The highest BCUT2D eigenvalue weighted by Crippen LogP contribution is 2.27. The summed E-state index contributed by atoms with van der Waals surface area (Å²) in [6.07, 6.45) is 0.839. The van der Waals surface area contributed by atoms with Gasteiger partial charge in [0.05, 0.1) is 11.6 Å². The molecule has 0 amide bonds. The summed E-state index contributed by atoms with van der Waals surface area (Å²) in [6, 6.07) is 5.64. The molecule has 2 nitrogen and oxygen atoms in total. The number of benzene rings is 1. The Labute approximate surface area is 102 Å². The molecule has 2 N–H and O–H groups in total. The van der Waals surface area contributed by atoms with E-state index in [0.717, 1.165) is 17.6 Å². The fourth-order valence-electron chi connectivity index (χ4n) is 1.25. The Kier molecular flexibility index (Phi) is 4.84. The average Bonchev–Trinajstić information content (AvgIpc) is 2.19. The normalized spacial score (nSPS) is 12.2. The number of hydrogen-bond donors (Lipinski definition) is 1. The van der Waals surface area contributed by atoms with Gasteiger partial charge in [-0.15, -0.1) is 6.58 Å². The molecule has 0 aromatic heterocycles. The number of nitrogens with two attached hydrogens (primary N) is 1. The van der Waals surface area contributed by atoms with Crippen LogP contribution in [0.15, 0.2) is 30.4 Å². The molecule has 0 radical (unpaired) electrons. The van der Waals surface area contributed by atoms with Gasteiger partial charge in [-0.3, -0.25) is 0 Å². The second-order valence-electron chi connectivity index (χ2n) is 4.03. The van der Waals surface area contributed by atoms with Gasteiger partial charge in [0.15, 0.2) is 0 Å². The number of rotatable bonds is 5. The van der Waals surface area contributed by atoms with Crippen LogP contribution in [-0.4, -0.2) is 6.61 Å². The molecule has 0 unspecified atom stereocenters. The van der Waals surface area contributed by atoms with Crippen molar-refractivity contribution < 1.29 is 4.74 Å². The molecule has 0 aliphatic carbocycles. The van der Waals surface area contributed by atoms with Crippen molar-refractivity contribution in [3.05, 3.63) is 40.9 Å². The lowest BCUT2D eigenvalue weighted by Gasteiger charge is -2.11. The van der Waals surface area contributed by atoms with Gasteiger partial charge in [-0.05, 0) is 31.5 Å². The Morgan fingerprint density at radius 3 is 2.75 bits per heavy atom. The summed E-state index contributed by atoms with van der Waals surface area (Å²) < 4.78 is 5.55. The van der Waals surface area contributed by atoms with Crippen LogP contribution in [0.1, 0.15) is 31.9 Å². The van der Waals surface area contributed by atoms with Crippen molar-refractivity contribution in [3.8, 4) is 5.75 Å². The topological polar surface area (TPSA) is 35.2 Å². The first-order valence-electron chi connectivity index (χ1n) is 5.33. The van der Waals surface area contributed by atoms with E-state index in [-0.39, 0.29) is 6.04 Å². The molecule has 1 aromatic rings. The van der Waals surface area contributed by atoms with Crippen LogP contribution in [0.3, 0.4) is 0 Å². The molecule has 0 aliphatic rings. The highest BCUT2D eigenvalue weighted by atomic mass is 35.5. The summed E-state index contributed by atoms with van der Waals surface area (Å²) in [7, 11) is 0. The van der Waals surface area contributed by atoms with E-state index in [9.17, 15) is 0 Å². The van der Waals surface area contributed by atoms with Crippen LogP contribution < -0.4 is 10.5 Å². The predicted molar refractivity (Wildman–Crippen MR) is 69.0 cm³/mol. The van der Waals surface area contributed by atoms with Gasteiger partial charge < -0.3 is 10.5 Å². The lowest BCUT2D eigenvalue weighted by molar-refractivity contribution is 0.322. The van der Waals surface area contributed by atoms with Crippen molar-refractivity contribution in [2.24, 2.45) is 5.73 Å². The van der Waals surface area contributed by atoms with Crippen molar-refractivity contribution in [3.63, 3.8) is 0 Å². The van der Waals surface area contributed by atoms with Crippen LogP contribution in [0.2, 0.25) is 5.02 Å². The molecule has 1 aromatic carbocycles. The van der Waals surface area contributed by atoms with Crippen molar-refractivity contribution in [1.29, 1.82) is 0 Å². The van der Waals surface area contributed by atoms with E-state index in [2.05, 4.69) is 6.58 Å². The van der Waals surface area contributed by atoms with E-state index < -0.39 is 0 Å². The van der Waals surface area contributed by atoms with Crippen LogP contribution in [0.4, 0.5) is 0 Å². The van der Waals surface area contributed by atoms with E-state index in [1.807, 2.05) is 32.0 Å². The minimum Gasteiger partial charge on any atom is -0.492 e. The van der Waals surface area contributed by atoms with Gasteiger partial charge >= 0.3 is 0 Å². The second kappa shape index (κ2) is 5.92. The van der Waals surface area contributed by atoms with E-state index >= 15 is 0 Å². The molecule has 1 rings (SSSR count). The van der Waals surface area contributed by atoms with Gasteiger partial charge in [0.25, 0.3) is 0 Å². The maximum atomic E-state index is 6.09. The van der Waals surface area contributed by atoms with Gasteiger partial charge in [-0.25, -0.2) is 0 Å². The quantitative estimate of drug-likeness (QED) is 0.796. The summed E-state index contributed by atoms with van der Waals surface area (Å²) >= 11 is 6.09. The Morgan fingerprint density at radius 1 is 1.56 bits per heavy atom. The van der Waals surface area contributed by atoms with Crippen molar-refractivity contribution in [1.82, 2.24) is 0 Å². The maximum Gasteiger partial charge on any atom is 0.137 e. The second-order valence-corrected chi connectivity index (χ2v) is 4.44. The molecule has 3 heteroatoms. The Bertz CT molecular complexity index is 374. The molecule has 0 spiro atoms. The van der Waals surface area contributed by atoms with Gasteiger partial charge in [0, 0.05) is 12.5 Å². The van der Waals surface area contributed by atoms with Gasteiger partial charge in [0.2, 0.25) is 0 Å². The summed E-state index contributed by atoms with van der Waals surface area (Å²) in [5.74, 6) is 0.701. The molecule has 0 fully saturated rings. The molecule has 0 saturated heterocycles. The first-order chi connectivity index (χ1) is 7.50. The molecule has 16 heavy (non-hydrogen) atoms. The largest absolute Gasteiger partial charge is 0.492 e. The summed E-state index contributed by atoms with van der Waals surface area (Å²) in [6.45, 7) is 8.32. The molecular weight excluding hydrogens is 222 g/mol. The zero-order valence-corrected chi connectivity index (χ0v) is 10.6. The molecule has 0 saturated carbocycles. The van der Waals surface area contributed by atoms with Gasteiger partial charge in [-0.2, -0.15) is 0 Å². The first-order valence-corrected chi connectivity index (χ1v) is 5.70. The Hall–Kier alpha value is -0.990. The fraction of sp³-hybridized carbons (Fsp3) is 0.385. The van der Waals surface area contributed by atoms with Crippen molar-refractivity contribution >= 4 is 11.6 Å². The predicted octanol–water partition coefficient (Wildman–Crippen LogP) is 3.70. The highest BCUT2D eigenvalue weighted by Gasteiger charge is 2.05. The number of hydrogen-bond acceptors (Lipinski definition) is 2. The first kappa shape index (κ1) is 13.1. The zero-order valence-electron chi connectivity index (χ0n) is 9.79.